The van der Waals surface area contributed by atoms with Gasteiger partial charge in [0.05, 0.1) is 26.6 Å². The molecule has 1 fully saturated rings. The Morgan fingerprint density at radius 2 is 1.84 bits per heavy atom. The van der Waals surface area contributed by atoms with Crippen LogP contribution in [0.15, 0.2) is 30.6 Å². The molecular formula is C18H22FN3O3. The van der Waals surface area contributed by atoms with Crippen molar-refractivity contribution in [3.63, 3.8) is 0 Å². The quantitative estimate of drug-likeness (QED) is 0.801. The van der Waals surface area contributed by atoms with Gasteiger partial charge in [0.25, 0.3) is 0 Å². The van der Waals surface area contributed by atoms with Gasteiger partial charge in [-0.25, -0.2) is 14.4 Å². The summed E-state index contributed by atoms with van der Waals surface area (Å²) >= 11 is 0. The molecule has 1 aliphatic rings. The van der Waals surface area contributed by atoms with Crippen LogP contribution in [-0.4, -0.2) is 48.3 Å². The number of nitrogens with zero attached hydrogens (tertiary/aromatic N) is 3. The molecule has 0 amide bonds. The summed E-state index contributed by atoms with van der Waals surface area (Å²) in [6, 6.07) is 6.11. The third kappa shape index (κ3) is 4.57. The molecule has 1 aromatic heterocycles. The number of hydrogen-bond donors (Lipinski definition) is 0. The highest BCUT2D eigenvalue weighted by Gasteiger charge is 2.22. The van der Waals surface area contributed by atoms with Crippen molar-refractivity contribution >= 4 is 0 Å². The first kappa shape index (κ1) is 17.4. The van der Waals surface area contributed by atoms with Gasteiger partial charge in [0.2, 0.25) is 0 Å². The van der Waals surface area contributed by atoms with Crippen LogP contribution >= 0.6 is 0 Å². The zero-order chi connectivity index (χ0) is 17.6. The largest absolute Gasteiger partial charge is 0.497 e. The van der Waals surface area contributed by atoms with Gasteiger partial charge in [0.1, 0.15) is 17.6 Å². The van der Waals surface area contributed by atoms with E-state index in [1.54, 1.807) is 14.2 Å². The van der Waals surface area contributed by atoms with E-state index in [4.69, 9.17) is 14.2 Å². The molecule has 7 heteroatoms. The number of ether oxygens (including phenoxy) is 3. The molecule has 25 heavy (non-hydrogen) atoms. The summed E-state index contributed by atoms with van der Waals surface area (Å²) in [6.07, 6.45) is 4.04. The Morgan fingerprint density at radius 1 is 1.12 bits per heavy atom. The second-order valence-corrected chi connectivity index (χ2v) is 5.95. The molecule has 0 atom stereocenters. The van der Waals surface area contributed by atoms with Gasteiger partial charge >= 0.3 is 6.01 Å². The Bertz CT molecular complexity index is 688. The number of likely N-dealkylation sites (tertiary alicyclic amines) is 1. The van der Waals surface area contributed by atoms with E-state index >= 15 is 0 Å². The number of hydrogen-bond acceptors (Lipinski definition) is 6. The fourth-order valence-electron chi connectivity index (χ4n) is 2.92. The lowest BCUT2D eigenvalue weighted by molar-refractivity contribution is 0.0886. The average molecular weight is 347 g/mol. The number of methoxy groups -OCH3 is 2. The zero-order valence-corrected chi connectivity index (χ0v) is 14.4. The third-order valence-electron chi connectivity index (χ3n) is 4.29. The van der Waals surface area contributed by atoms with Gasteiger partial charge in [0, 0.05) is 31.3 Å². The first-order valence-electron chi connectivity index (χ1n) is 8.25. The van der Waals surface area contributed by atoms with Crippen LogP contribution in [0.2, 0.25) is 0 Å². The summed E-state index contributed by atoms with van der Waals surface area (Å²) in [4.78, 5) is 10.1. The lowest BCUT2D eigenvalue weighted by Gasteiger charge is -2.31. The van der Waals surface area contributed by atoms with Crippen molar-refractivity contribution in [2.45, 2.75) is 25.5 Å². The van der Waals surface area contributed by atoms with Crippen LogP contribution < -0.4 is 14.2 Å². The van der Waals surface area contributed by atoms with E-state index in [9.17, 15) is 4.39 Å². The highest BCUT2D eigenvalue weighted by Crippen LogP contribution is 2.27. The van der Waals surface area contributed by atoms with Gasteiger partial charge in [-0.15, -0.1) is 0 Å². The summed E-state index contributed by atoms with van der Waals surface area (Å²) in [5.41, 5.74) is 1.13. The highest BCUT2D eigenvalue weighted by molar-refractivity contribution is 5.40. The lowest BCUT2D eigenvalue weighted by atomic mass is 10.1. The lowest BCUT2D eigenvalue weighted by Crippen LogP contribution is -2.38. The summed E-state index contributed by atoms with van der Waals surface area (Å²) in [7, 11) is 3.31. The van der Waals surface area contributed by atoms with E-state index < -0.39 is 5.82 Å². The zero-order valence-electron chi connectivity index (χ0n) is 14.4. The van der Waals surface area contributed by atoms with Crippen LogP contribution in [0.5, 0.6) is 17.5 Å². The van der Waals surface area contributed by atoms with E-state index in [0.29, 0.717) is 0 Å². The topological polar surface area (TPSA) is 56.7 Å². The van der Waals surface area contributed by atoms with E-state index in [0.717, 1.165) is 61.9 Å². The van der Waals surface area contributed by atoms with E-state index in [1.807, 2.05) is 18.2 Å². The smallest absolute Gasteiger partial charge is 0.316 e. The highest BCUT2D eigenvalue weighted by atomic mass is 19.1. The molecule has 0 unspecified atom stereocenters. The Labute approximate surface area is 146 Å². The summed E-state index contributed by atoms with van der Waals surface area (Å²) in [5.74, 6) is 1.15. The fourth-order valence-corrected chi connectivity index (χ4v) is 2.92. The average Bonchev–Trinajstić information content (AvgIpc) is 2.65. The standard InChI is InChI=1S/C18H22FN3O3/c1-23-16-4-3-13(17(9-16)24-2)12-22-7-5-15(6-8-22)25-18-20-10-14(19)11-21-18/h3-4,9-11,15H,5-8,12H2,1-2H3. The normalized spacial score (nSPS) is 15.8. The third-order valence-corrected chi connectivity index (χ3v) is 4.29. The predicted octanol–water partition coefficient (Wildman–Crippen LogP) is 2.68. The van der Waals surface area contributed by atoms with Crippen LogP contribution in [0.1, 0.15) is 18.4 Å². The predicted molar refractivity (Wildman–Crippen MR) is 90.5 cm³/mol. The number of benzene rings is 1. The van der Waals surface area contributed by atoms with Crippen LogP contribution in [0.25, 0.3) is 0 Å². The van der Waals surface area contributed by atoms with E-state index in [2.05, 4.69) is 14.9 Å². The molecule has 1 saturated heterocycles. The summed E-state index contributed by atoms with van der Waals surface area (Å²) in [6.45, 7) is 2.62. The summed E-state index contributed by atoms with van der Waals surface area (Å²) in [5, 5.41) is 0. The van der Waals surface area contributed by atoms with E-state index in [1.165, 1.54) is 0 Å². The Balaban J connectivity index is 1.53. The Morgan fingerprint density at radius 3 is 2.48 bits per heavy atom. The van der Waals surface area contributed by atoms with Gasteiger partial charge in [-0.05, 0) is 18.9 Å². The molecule has 0 radical (unpaired) electrons. The minimum absolute atomic E-state index is 0.0551. The molecule has 6 nitrogen and oxygen atoms in total. The van der Waals surface area contributed by atoms with Gasteiger partial charge in [0.15, 0.2) is 5.82 Å². The van der Waals surface area contributed by atoms with Gasteiger partial charge in [-0.3, -0.25) is 4.90 Å². The first-order chi connectivity index (χ1) is 12.2. The van der Waals surface area contributed by atoms with Crippen LogP contribution in [-0.2, 0) is 6.54 Å². The molecule has 0 N–H and O–H groups in total. The minimum Gasteiger partial charge on any atom is -0.497 e. The van der Waals surface area contributed by atoms with Crippen LogP contribution in [0.4, 0.5) is 4.39 Å². The number of halogens is 1. The molecule has 2 aromatic rings. The van der Waals surface area contributed by atoms with Crippen molar-refractivity contribution in [1.29, 1.82) is 0 Å². The molecule has 0 spiro atoms. The summed E-state index contributed by atoms with van der Waals surface area (Å²) < 4.78 is 29.2. The number of piperidine rings is 1. The van der Waals surface area contributed by atoms with Gasteiger partial charge in [-0.2, -0.15) is 0 Å². The van der Waals surface area contributed by atoms with Gasteiger partial charge in [-0.1, -0.05) is 6.07 Å². The molecule has 3 rings (SSSR count). The van der Waals surface area contributed by atoms with E-state index in [-0.39, 0.29) is 12.1 Å². The second-order valence-electron chi connectivity index (χ2n) is 5.95. The van der Waals surface area contributed by atoms with Crippen LogP contribution in [0.3, 0.4) is 0 Å². The van der Waals surface area contributed by atoms with Crippen molar-refractivity contribution < 1.29 is 18.6 Å². The van der Waals surface area contributed by atoms with Crippen molar-refractivity contribution in [2.75, 3.05) is 27.3 Å². The number of aromatic nitrogens is 2. The molecule has 1 aliphatic heterocycles. The number of rotatable bonds is 6. The van der Waals surface area contributed by atoms with Crippen molar-refractivity contribution in [3.8, 4) is 17.5 Å². The van der Waals surface area contributed by atoms with Crippen molar-refractivity contribution in [3.05, 3.63) is 42.0 Å². The molecular weight excluding hydrogens is 325 g/mol. The van der Waals surface area contributed by atoms with Crippen molar-refractivity contribution in [2.24, 2.45) is 0 Å². The molecule has 0 saturated carbocycles. The monoisotopic (exact) mass is 347 g/mol. The molecule has 134 valence electrons. The SMILES string of the molecule is COc1ccc(CN2CCC(Oc3ncc(F)cn3)CC2)c(OC)c1. The molecule has 0 aliphatic carbocycles. The maximum Gasteiger partial charge on any atom is 0.316 e. The Hall–Kier alpha value is -2.41. The fraction of sp³-hybridized carbons (Fsp3) is 0.444. The second kappa shape index (κ2) is 8.11. The van der Waals surface area contributed by atoms with Crippen LogP contribution in [0, 0.1) is 5.82 Å². The minimum atomic E-state index is -0.462. The molecule has 0 bridgehead atoms. The molecule has 2 heterocycles. The Kier molecular flexibility index (Phi) is 5.65. The van der Waals surface area contributed by atoms with Crippen molar-refractivity contribution in [1.82, 2.24) is 14.9 Å². The maximum atomic E-state index is 12.8. The maximum absolute atomic E-state index is 12.8. The van der Waals surface area contributed by atoms with Gasteiger partial charge < -0.3 is 14.2 Å². The first-order valence-corrected chi connectivity index (χ1v) is 8.25. The molecule has 1 aromatic carbocycles.